The minimum Gasteiger partial charge on any atom is -0.493 e. The summed E-state index contributed by atoms with van der Waals surface area (Å²) >= 11 is 5.96. The Morgan fingerprint density at radius 1 is 1.12 bits per heavy atom. The number of fused-ring (bicyclic) bond motifs is 1. The Balaban J connectivity index is 1.42. The van der Waals surface area contributed by atoms with Crippen LogP contribution in [0.2, 0.25) is 0 Å². The van der Waals surface area contributed by atoms with E-state index in [2.05, 4.69) is 36.4 Å². The fourth-order valence-electron chi connectivity index (χ4n) is 2.82. The summed E-state index contributed by atoms with van der Waals surface area (Å²) in [6.07, 6.45) is 0. The van der Waals surface area contributed by atoms with Crippen LogP contribution in [0.5, 0.6) is 17.2 Å². The zero-order valence-corrected chi connectivity index (χ0v) is 20.4. The number of carbonyl (C=O) groups is 1. The van der Waals surface area contributed by atoms with Crippen molar-refractivity contribution in [3.8, 4) is 28.7 Å². The Labute approximate surface area is 199 Å². The van der Waals surface area contributed by atoms with Crippen LogP contribution in [0, 0.1) is 0 Å². The van der Waals surface area contributed by atoms with Crippen molar-refractivity contribution in [1.82, 2.24) is 15.2 Å². The Kier molecular flexibility index (Phi) is 6.82. The average molecular weight is 537 g/mol. The molecule has 0 aliphatic carbocycles. The van der Waals surface area contributed by atoms with E-state index in [1.165, 1.54) is 32.7 Å². The quantitative estimate of drug-likeness (QED) is 0.315. The van der Waals surface area contributed by atoms with E-state index < -0.39 is 0 Å². The molecular weight excluding hydrogens is 520 g/mol. The van der Waals surface area contributed by atoms with Gasteiger partial charge in [0, 0.05) is 10.0 Å². The molecule has 0 unspecified atom stereocenters. The van der Waals surface area contributed by atoms with Gasteiger partial charge in [0.15, 0.2) is 16.6 Å². The number of halogens is 1. The zero-order valence-electron chi connectivity index (χ0n) is 17.2. The van der Waals surface area contributed by atoms with E-state index in [1.807, 2.05) is 18.2 Å². The van der Waals surface area contributed by atoms with Gasteiger partial charge in [-0.05, 0) is 30.3 Å². The fraction of sp³-hybridized carbons (Fsp3) is 0.200. The standard InChI is InChI=1S/C20H17BrN4O5S2/c1-27-13-6-10(7-14(28-2)17(13)29-3)18-24-25-20(30-18)31-9-16(26)23-19-22-12-5-4-11(21)8-15(12)32-19/h4-8H,9H2,1-3H3,(H,22,23,26). The smallest absolute Gasteiger partial charge is 0.277 e. The van der Waals surface area contributed by atoms with Crippen LogP contribution in [0.4, 0.5) is 5.13 Å². The summed E-state index contributed by atoms with van der Waals surface area (Å²) in [4.78, 5) is 16.7. The van der Waals surface area contributed by atoms with Crippen molar-refractivity contribution >= 4 is 60.3 Å². The van der Waals surface area contributed by atoms with Crippen molar-refractivity contribution in [3.05, 3.63) is 34.8 Å². The topological polar surface area (TPSA) is 109 Å². The first-order chi connectivity index (χ1) is 15.5. The highest BCUT2D eigenvalue weighted by Crippen LogP contribution is 2.41. The molecule has 4 rings (SSSR count). The SMILES string of the molecule is COc1cc(-c2nnc(SCC(=O)Nc3nc4ccc(Br)cc4s3)o2)cc(OC)c1OC. The third-order valence-corrected chi connectivity index (χ3v) is 6.49. The summed E-state index contributed by atoms with van der Waals surface area (Å²) in [5.74, 6) is 1.54. The van der Waals surface area contributed by atoms with Crippen LogP contribution < -0.4 is 19.5 Å². The van der Waals surface area contributed by atoms with E-state index in [1.54, 1.807) is 12.1 Å². The second-order valence-corrected chi connectivity index (χ2v) is 9.13. The molecule has 1 N–H and O–H groups in total. The molecule has 12 heteroatoms. The molecular formula is C20H17BrN4O5S2. The Hall–Kier alpha value is -2.83. The van der Waals surface area contributed by atoms with Crippen molar-refractivity contribution in [2.24, 2.45) is 0 Å². The number of amides is 1. The molecule has 0 bridgehead atoms. The predicted octanol–water partition coefficient (Wildman–Crippen LogP) is 4.87. The van der Waals surface area contributed by atoms with Gasteiger partial charge < -0.3 is 23.9 Å². The van der Waals surface area contributed by atoms with Crippen molar-refractivity contribution < 1.29 is 23.4 Å². The third kappa shape index (κ3) is 4.81. The number of thiazole rings is 1. The number of anilines is 1. The molecule has 0 radical (unpaired) electrons. The van der Waals surface area contributed by atoms with Crippen LogP contribution in [-0.2, 0) is 4.79 Å². The van der Waals surface area contributed by atoms with Crippen LogP contribution in [-0.4, -0.2) is 48.2 Å². The van der Waals surface area contributed by atoms with E-state index in [0.717, 1.165) is 26.5 Å². The minimum absolute atomic E-state index is 0.0938. The van der Waals surface area contributed by atoms with Gasteiger partial charge in [0.2, 0.25) is 17.5 Å². The molecule has 0 spiro atoms. The summed E-state index contributed by atoms with van der Waals surface area (Å²) in [6.45, 7) is 0. The number of hydrogen-bond donors (Lipinski definition) is 1. The Morgan fingerprint density at radius 2 is 1.88 bits per heavy atom. The number of carbonyl (C=O) groups excluding carboxylic acids is 1. The van der Waals surface area contributed by atoms with Crippen LogP contribution in [0.25, 0.3) is 21.7 Å². The second kappa shape index (κ2) is 9.76. The number of nitrogens with zero attached hydrogens (tertiary/aromatic N) is 3. The summed E-state index contributed by atoms with van der Waals surface area (Å²) in [6, 6.07) is 9.18. The first-order valence-corrected chi connectivity index (χ1v) is 11.7. The van der Waals surface area contributed by atoms with Gasteiger partial charge in [-0.25, -0.2) is 4.98 Å². The second-order valence-electron chi connectivity index (χ2n) is 6.26. The predicted molar refractivity (Wildman–Crippen MR) is 126 cm³/mol. The monoisotopic (exact) mass is 536 g/mol. The van der Waals surface area contributed by atoms with Crippen LogP contribution >= 0.6 is 39.0 Å². The summed E-state index contributed by atoms with van der Waals surface area (Å²) in [5, 5.41) is 11.7. The number of hydrogen-bond acceptors (Lipinski definition) is 10. The van der Waals surface area contributed by atoms with Gasteiger partial charge in [-0.2, -0.15) is 0 Å². The summed E-state index contributed by atoms with van der Waals surface area (Å²) in [5.41, 5.74) is 1.43. The number of thioether (sulfide) groups is 1. The number of ether oxygens (including phenoxy) is 3. The highest BCUT2D eigenvalue weighted by molar-refractivity contribution is 9.10. The molecule has 1 amide bonds. The molecule has 32 heavy (non-hydrogen) atoms. The van der Waals surface area contributed by atoms with Gasteiger partial charge in [0.1, 0.15) is 0 Å². The highest BCUT2D eigenvalue weighted by Gasteiger charge is 2.18. The van der Waals surface area contributed by atoms with Gasteiger partial charge in [0.05, 0.1) is 37.3 Å². The molecule has 0 saturated heterocycles. The van der Waals surface area contributed by atoms with Gasteiger partial charge in [-0.3, -0.25) is 4.79 Å². The van der Waals surface area contributed by atoms with E-state index in [9.17, 15) is 4.79 Å². The lowest BCUT2D eigenvalue weighted by atomic mass is 10.2. The van der Waals surface area contributed by atoms with Crippen molar-refractivity contribution in [2.75, 3.05) is 32.4 Å². The maximum Gasteiger partial charge on any atom is 0.277 e. The van der Waals surface area contributed by atoms with E-state index in [-0.39, 0.29) is 22.8 Å². The average Bonchev–Trinajstić information content (AvgIpc) is 3.42. The molecule has 166 valence electrons. The molecule has 2 aromatic heterocycles. The molecule has 0 atom stereocenters. The first kappa shape index (κ1) is 22.4. The molecule has 0 saturated carbocycles. The summed E-state index contributed by atoms with van der Waals surface area (Å²) in [7, 11) is 4.58. The maximum atomic E-state index is 12.3. The van der Waals surface area contributed by atoms with Crippen LogP contribution in [0.15, 0.2) is 44.4 Å². The van der Waals surface area contributed by atoms with E-state index in [4.69, 9.17) is 18.6 Å². The molecule has 4 aromatic rings. The lowest BCUT2D eigenvalue weighted by molar-refractivity contribution is -0.113. The summed E-state index contributed by atoms with van der Waals surface area (Å²) < 4.78 is 23.7. The van der Waals surface area contributed by atoms with Gasteiger partial charge in [-0.1, -0.05) is 39.0 Å². The van der Waals surface area contributed by atoms with Crippen LogP contribution in [0.1, 0.15) is 0 Å². The van der Waals surface area contributed by atoms with Gasteiger partial charge in [0.25, 0.3) is 5.22 Å². The number of benzene rings is 2. The highest BCUT2D eigenvalue weighted by atomic mass is 79.9. The number of aromatic nitrogens is 3. The maximum absolute atomic E-state index is 12.3. The molecule has 0 fully saturated rings. The number of rotatable bonds is 8. The normalized spacial score (nSPS) is 10.9. The van der Waals surface area contributed by atoms with Gasteiger partial charge in [-0.15, -0.1) is 10.2 Å². The largest absolute Gasteiger partial charge is 0.493 e. The van der Waals surface area contributed by atoms with Crippen molar-refractivity contribution in [1.29, 1.82) is 0 Å². The lowest BCUT2D eigenvalue weighted by Crippen LogP contribution is -2.13. The molecule has 2 aromatic carbocycles. The Bertz CT molecular complexity index is 1250. The van der Waals surface area contributed by atoms with Crippen molar-refractivity contribution in [2.45, 2.75) is 5.22 Å². The number of nitrogens with one attached hydrogen (secondary N) is 1. The minimum atomic E-state index is -0.222. The molecule has 9 nitrogen and oxygen atoms in total. The number of methoxy groups -OCH3 is 3. The lowest BCUT2D eigenvalue weighted by Gasteiger charge is -2.12. The molecule has 0 aliphatic heterocycles. The van der Waals surface area contributed by atoms with E-state index in [0.29, 0.717) is 27.9 Å². The zero-order chi connectivity index (χ0) is 22.7. The first-order valence-electron chi connectivity index (χ1n) is 9.13. The van der Waals surface area contributed by atoms with Crippen molar-refractivity contribution in [3.63, 3.8) is 0 Å². The molecule has 2 heterocycles. The molecule has 0 aliphatic rings. The van der Waals surface area contributed by atoms with Gasteiger partial charge >= 0.3 is 0 Å². The fourth-order valence-corrected chi connectivity index (χ4v) is 4.82. The van der Waals surface area contributed by atoms with Crippen LogP contribution in [0.3, 0.4) is 0 Å². The third-order valence-electron chi connectivity index (χ3n) is 4.24. The van der Waals surface area contributed by atoms with E-state index >= 15 is 0 Å². The Morgan fingerprint density at radius 3 is 2.56 bits per heavy atom.